The van der Waals surface area contributed by atoms with E-state index in [4.69, 9.17) is 4.43 Å². The second-order valence-corrected chi connectivity index (χ2v) is 11.2. The zero-order chi connectivity index (χ0) is 19.4. The van der Waals surface area contributed by atoms with E-state index < -0.39 is 14.8 Å². The first-order chi connectivity index (χ1) is 12.1. The molecule has 0 aromatic heterocycles. The Labute approximate surface area is 172 Å². The van der Waals surface area contributed by atoms with Gasteiger partial charge in [-0.15, -0.1) is 0 Å². The first-order valence-corrected chi connectivity index (χ1v) is 12.2. The average molecular weight is 480 g/mol. The Hall–Kier alpha value is -1.18. The number of hydrogen-bond acceptors (Lipinski definition) is 2. The summed E-state index contributed by atoms with van der Waals surface area (Å²) < 4.78 is 7.53. The van der Waals surface area contributed by atoms with Crippen molar-refractivity contribution in [2.45, 2.75) is 46.0 Å². The highest BCUT2D eigenvalue weighted by molar-refractivity contribution is 14.1. The van der Waals surface area contributed by atoms with Gasteiger partial charge in [0.1, 0.15) is 0 Å². The molecule has 26 heavy (non-hydrogen) atoms. The molecule has 1 radical (unpaired) electrons. The lowest BCUT2D eigenvalue weighted by Gasteiger charge is -2.41. The molecule has 0 heterocycles. The summed E-state index contributed by atoms with van der Waals surface area (Å²) in [5.74, 6) is -0.111. The predicted octanol–water partition coefficient (Wildman–Crippen LogP) is 5.58. The molecule has 2 aromatic carbocycles. The summed E-state index contributed by atoms with van der Waals surface area (Å²) in [7, 11) is -1.06. The third kappa shape index (κ3) is 5.92. The summed E-state index contributed by atoms with van der Waals surface area (Å²) in [5.41, 5.74) is 0.775. The molecule has 139 valence electrons. The van der Waals surface area contributed by atoms with Crippen molar-refractivity contribution >= 4 is 37.5 Å². The van der Waals surface area contributed by atoms with E-state index in [0.29, 0.717) is 12.0 Å². The lowest BCUT2D eigenvalue weighted by molar-refractivity contribution is -0.00719. The van der Waals surface area contributed by atoms with Crippen molar-refractivity contribution in [3.05, 3.63) is 69.3 Å². The normalized spacial score (nSPS) is 14.1. The summed E-state index contributed by atoms with van der Waals surface area (Å²) in [6.07, 6.45) is 0.690. The van der Waals surface area contributed by atoms with E-state index in [-0.39, 0.29) is 11.3 Å². The number of amides is 1. The van der Waals surface area contributed by atoms with Crippen molar-refractivity contribution < 1.29 is 9.22 Å². The Bertz CT molecular complexity index is 743. The number of halogens is 1. The molecule has 0 aliphatic rings. The lowest BCUT2D eigenvalue weighted by Crippen LogP contribution is -2.52. The molecule has 0 fully saturated rings. The third-order valence-corrected chi connectivity index (χ3v) is 5.23. The van der Waals surface area contributed by atoms with E-state index in [0.717, 1.165) is 9.13 Å². The van der Waals surface area contributed by atoms with Crippen molar-refractivity contribution in [1.29, 1.82) is 0 Å². The molecule has 0 spiro atoms. The Morgan fingerprint density at radius 3 is 2.27 bits per heavy atom. The van der Waals surface area contributed by atoms with Crippen molar-refractivity contribution in [1.82, 2.24) is 5.32 Å². The van der Waals surface area contributed by atoms with Crippen LogP contribution in [0.4, 0.5) is 0 Å². The van der Waals surface area contributed by atoms with Gasteiger partial charge >= 0.3 is 0 Å². The molecule has 3 nitrogen and oxygen atoms in total. The minimum absolute atomic E-state index is 0.0223. The summed E-state index contributed by atoms with van der Waals surface area (Å²) in [6, 6.07) is 17.7. The molecule has 2 aromatic rings. The zero-order valence-corrected chi connectivity index (χ0v) is 19.3. The highest BCUT2D eigenvalue weighted by Crippen LogP contribution is 2.37. The molecular formula is C21H27INO2Si. The quantitative estimate of drug-likeness (QED) is 0.333. The molecule has 0 unspecified atom stereocenters. The largest absolute Gasteiger partial charge is 0.392 e. The molecule has 5 heteroatoms. The summed E-state index contributed by atoms with van der Waals surface area (Å²) >= 11 is 2.22. The number of rotatable bonds is 6. The third-order valence-electron chi connectivity index (χ3n) is 3.80. The number of benzene rings is 2. The van der Waals surface area contributed by atoms with Gasteiger partial charge in [0.15, 0.2) is 5.72 Å². The smallest absolute Gasteiger partial charge is 0.253 e. The van der Waals surface area contributed by atoms with Gasteiger partial charge in [0.25, 0.3) is 5.91 Å². The van der Waals surface area contributed by atoms with Crippen molar-refractivity contribution in [2.75, 3.05) is 0 Å². The molecule has 1 atom stereocenters. The maximum absolute atomic E-state index is 13.1. The Morgan fingerprint density at radius 1 is 1.08 bits per heavy atom. The van der Waals surface area contributed by atoms with Gasteiger partial charge in [-0.2, -0.15) is 0 Å². The van der Waals surface area contributed by atoms with Crippen molar-refractivity contribution in [2.24, 2.45) is 5.41 Å². The van der Waals surface area contributed by atoms with Crippen LogP contribution in [0.3, 0.4) is 0 Å². The van der Waals surface area contributed by atoms with E-state index in [9.17, 15) is 4.79 Å². The minimum atomic E-state index is -1.06. The number of hydrogen-bond donors (Lipinski definition) is 1. The Kier molecular flexibility index (Phi) is 7.04. The average Bonchev–Trinajstić information content (AvgIpc) is 2.53. The topological polar surface area (TPSA) is 38.3 Å². The zero-order valence-electron chi connectivity index (χ0n) is 16.1. The van der Waals surface area contributed by atoms with Gasteiger partial charge in [-0.25, -0.2) is 0 Å². The van der Waals surface area contributed by atoms with Crippen LogP contribution < -0.4 is 5.32 Å². The molecule has 0 aliphatic carbocycles. The van der Waals surface area contributed by atoms with Crippen LogP contribution >= 0.6 is 22.6 Å². The second kappa shape index (κ2) is 8.67. The van der Waals surface area contributed by atoms with E-state index in [1.807, 2.05) is 54.6 Å². The first-order valence-electron chi connectivity index (χ1n) is 8.74. The fraction of sp³-hybridized carbons (Fsp3) is 0.381. The van der Waals surface area contributed by atoms with Crippen LogP contribution in [0.25, 0.3) is 0 Å². The highest BCUT2D eigenvalue weighted by atomic mass is 127. The van der Waals surface area contributed by atoms with Crippen LogP contribution in [0.15, 0.2) is 54.6 Å². The van der Waals surface area contributed by atoms with Crippen LogP contribution in [0.5, 0.6) is 0 Å². The van der Waals surface area contributed by atoms with Crippen LogP contribution in [0.1, 0.15) is 43.1 Å². The standard InChI is InChI=1S/C21H27INO2Si/c1-20(2,3)15-21(25-26(4)5,17-11-7-6-8-12-17)23-19(24)16-10-9-13-18(22)14-16/h6-14H,15H2,1-5H3,(H,23,24)/t21-/m1/s1. The van der Waals surface area contributed by atoms with Gasteiger partial charge in [-0.1, -0.05) is 57.2 Å². The highest BCUT2D eigenvalue weighted by Gasteiger charge is 2.39. The van der Waals surface area contributed by atoms with E-state index in [2.05, 4.69) is 61.8 Å². The van der Waals surface area contributed by atoms with Gasteiger partial charge < -0.3 is 9.74 Å². The molecule has 0 bridgehead atoms. The summed E-state index contributed by atoms with van der Waals surface area (Å²) in [5, 5.41) is 3.24. The monoisotopic (exact) mass is 480 g/mol. The maximum atomic E-state index is 13.1. The number of nitrogens with one attached hydrogen (secondary N) is 1. The molecule has 0 saturated carbocycles. The van der Waals surface area contributed by atoms with Gasteiger partial charge in [-0.05, 0) is 59.3 Å². The van der Waals surface area contributed by atoms with E-state index in [1.54, 1.807) is 0 Å². The van der Waals surface area contributed by atoms with Gasteiger partial charge in [0.05, 0.1) is 0 Å². The Morgan fingerprint density at radius 2 is 1.73 bits per heavy atom. The van der Waals surface area contributed by atoms with Crippen LogP contribution in [0, 0.1) is 8.99 Å². The fourth-order valence-corrected chi connectivity index (χ4v) is 4.51. The molecule has 2 rings (SSSR count). The fourth-order valence-electron chi connectivity index (χ4n) is 3.03. The SMILES string of the molecule is C[Si](C)O[C@@](CC(C)(C)C)(NC(=O)c1cccc(I)c1)c1ccccc1. The first kappa shape index (κ1) is 21.1. The Balaban J connectivity index is 2.48. The van der Waals surface area contributed by atoms with Crippen LogP contribution in [0.2, 0.25) is 13.1 Å². The van der Waals surface area contributed by atoms with Gasteiger partial charge in [0, 0.05) is 21.1 Å². The number of carbonyl (C=O) groups excluding carboxylic acids is 1. The molecule has 1 amide bonds. The van der Waals surface area contributed by atoms with E-state index >= 15 is 0 Å². The van der Waals surface area contributed by atoms with E-state index in [1.165, 1.54) is 0 Å². The molecule has 1 N–H and O–H groups in total. The lowest BCUT2D eigenvalue weighted by atomic mass is 9.82. The van der Waals surface area contributed by atoms with Gasteiger partial charge in [0.2, 0.25) is 9.04 Å². The van der Waals surface area contributed by atoms with Crippen LogP contribution in [-0.4, -0.2) is 14.9 Å². The maximum Gasteiger partial charge on any atom is 0.253 e. The molecular weight excluding hydrogens is 453 g/mol. The van der Waals surface area contributed by atoms with Crippen molar-refractivity contribution in [3.8, 4) is 0 Å². The summed E-state index contributed by atoms with van der Waals surface area (Å²) in [6.45, 7) is 10.7. The molecule has 0 saturated heterocycles. The van der Waals surface area contributed by atoms with Gasteiger partial charge in [-0.3, -0.25) is 4.79 Å². The minimum Gasteiger partial charge on any atom is -0.392 e. The van der Waals surface area contributed by atoms with Crippen molar-refractivity contribution in [3.63, 3.8) is 0 Å². The van der Waals surface area contributed by atoms with Crippen LogP contribution in [-0.2, 0) is 10.2 Å². The number of carbonyl (C=O) groups is 1. The predicted molar refractivity (Wildman–Crippen MR) is 117 cm³/mol. The summed E-state index contributed by atoms with van der Waals surface area (Å²) in [4.78, 5) is 13.1. The molecule has 0 aliphatic heterocycles. The second-order valence-electron chi connectivity index (χ2n) is 7.91.